The van der Waals surface area contributed by atoms with Crippen molar-refractivity contribution < 1.29 is 14.2 Å². The lowest BCUT2D eigenvalue weighted by molar-refractivity contribution is 0.323. The van der Waals surface area contributed by atoms with Gasteiger partial charge in [0.15, 0.2) is 11.5 Å². The minimum Gasteiger partial charge on any atom is -0.493 e. The zero-order chi connectivity index (χ0) is 12.8. The van der Waals surface area contributed by atoms with Crippen molar-refractivity contribution in [2.24, 2.45) is 5.73 Å². The van der Waals surface area contributed by atoms with E-state index in [4.69, 9.17) is 19.9 Å². The zero-order valence-electron chi connectivity index (χ0n) is 10.9. The number of hydrogen-bond acceptors (Lipinski definition) is 4. The van der Waals surface area contributed by atoms with Gasteiger partial charge in [0.05, 0.1) is 21.3 Å². The first-order valence-electron chi connectivity index (χ1n) is 5.66. The van der Waals surface area contributed by atoms with Crippen molar-refractivity contribution in [1.29, 1.82) is 0 Å². The predicted molar refractivity (Wildman–Crippen MR) is 68.1 cm³/mol. The van der Waals surface area contributed by atoms with Crippen molar-refractivity contribution in [3.63, 3.8) is 0 Å². The normalized spacial score (nSPS) is 12.1. The fourth-order valence-electron chi connectivity index (χ4n) is 1.67. The van der Waals surface area contributed by atoms with Crippen LogP contribution in [0.25, 0.3) is 0 Å². The van der Waals surface area contributed by atoms with Gasteiger partial charge in [-0.2, -0.15) is 0 Å². The fraction of sp³-hybridized carbons (Fsp3) is 0.538. The largest absolute Gasteiger partial charge is 0.493 e. The molecule has 0 fully saturated rings. The molecule has 17 heavy (non-hydrogen) atoms. The maximum absolute atomic E-state index is 5.75. The van der Waals surface area contributed by atoms with Crippen LogP contribution in [0.4, 0.5) is 0 Å². The van der Waals surface area contributed by atoms with E-state index in [9.17, 15) is 0 Å². The first-order chi connectivity index (χ1) is 8.12. The standard InChI is InChI=1S/C13H21NO3/c1-9(14)5-6-10-7-11(15-2)13(17-4)12(8-10)16-3/h7-9H,5-6,14H2,1-4H3/t9-/m1/s1. The smallest absolute Gasteiger partial charge is 0.203 e. The van der Waals surface area contributed by atoms with Gasteiger partial charge in [0, 0.05) is 6.04 Å². The van der Waals surface area contributed by atoms with Gasteiger partial charge >= 0.3 is 0 Å². The Morgan fingerprint density at radius 3 is 1.94 bits per heavy atom. The van der Waals surface area contributed by atoms with Crippen LogP contribution in [0.3, 0.4) is 0 Å². The van der Waals surface area contributed by atoms with Gasteiger partial charge in [-0.1, -0.05) is 0 Å². The molecule has 4 nitrogen and oxygen atoms in total. The second-order valence-corrected chi connectivity index (χ2v) is 4.05. The lowest BCUT2D eigenvalue weighted by Gasteiger charge is -2.14. The Morgan fingerprint density at radius 2 is 1.59 bits per heavy atom. The van der Waals surface area contributed by atoms with Gasteiger partial charge in [0.2, 0.25) is 5.75 Å². The van der Waals surface area contributed by atoms with Gasteiger partial charge in [-0.15, -0.1) is 0 Å². The topological polar surface area (TPSA) is 53.7 Å². The average Bonchev–Trinajstić information content (AvgIpc) is 2.34. The molecular weight excluding hydrogens is 218 g/mol. The summed E-state index contributed by atoms with van der Waals surface area (Å²) in [5, 5.41) is 0. The maximum Gasteiger partial charge on any atom is 0.203 e. The van der Waals surface area contributed by atoms with Gasteiger partial charge in [-0.05, 0) is 37.5 Å². The molecule has 1 atom stereocenters. The maximum atomic E-state index is 5.75. The Bertz CT molecular complexity index is 339. The highest BCUT2D eigenvalue weighted by Gasteiger charge is 2.13. The van der Waals surface area contributed by atoms with Crippen LogP contribution >= 0.6 is 0 Å². The van der Waals surface area contributed by atoms with E-state index in [1.165, 1.54) is 0 Å². The van der Waals surface area contributed by atoms with E-state index in [0.717, 1.165) is 18.4 Å². The Hall–Kier alpha value is -1.42. The van der Waals surface area contributed by atoms with Gasteiger partial charge in [-0.25, -0.2) is 0 Å². The van der Waals surface area contributed by atoms with Crippen LogP contribution in [0, 0.1) is 0 Å². The summed E-state index contributed by atoms with van der Waals surface area (Å²) >= 11 is 0. The Kier molecular flexibility index (Phi) is 5.10. The molecule has 96 valence electrons. The van der Waals surface area contributed by atoms with Gasteiger partial charge in [0.25, 0.3) is 0 Å². The summed E-state index contributed by atoms with van der Waals surface area (Å²) in [4.78, 5) is 0. The molecule has 0 heterocycles. The van der Waals surface area contributed by atoms with Crippen molar-refractivity contribution in [1.82, 2.24) is 0 Å². The molecular formula is C13H21NO3. The molecule has 4 heteroatoms. The third-order valence-corrected chi connectivity index (χ3v) is 2.61. The molecule has 0 saturated heterocycles. The molecule has 0 aliphatic rings. The number of rotatable bonds is 6. The molecule has 1 rings (SSSR count). The highest BCUT2D eigenvalue weighted by Crippen LogP contribution is 2.38. The van der Waals surface area contributed by atoms with E-state index in [0.29, 0.717) is 17.2 Å². The first-order valence-corrected chi connectivity index (χ1v) is 5.66. The molecule has 2 N–H and O–H groups in total. The van der Waals surface area contributed by atoms with Crippen LogP contribution in [0.2, 0.25) is 0 Å². The second-order valence-electron chi connectivity index (χ2n) is 4.05. The molecule has 0 unspecified atom stereocenters. The minimum absolute atomic E-state index is 0.189. The number of benzene rings is 1. The van der Waals surface area contributed by atoms with Crippen LogP contribution in [0.1, 0.15) is 18.9 Å². The lowest BCUT2D eigenvalue weighted by atomic mass is 10.1. The van der Waals surface area contributed by atoms with Gasteiger partial charge < -0.3 is 19.9 Å². The molecule has 0 aliphatic heterocycles. The molecule has 0 bridgehead atoms. The molecule has 0 aliphatic carbocycles. The Balaban J connectivity index is 3.00. The highest BCUT2D eigenvalue weighted by molar-refractivity contribution is 5.53. The quantitative estimate of drug-likeness (QED) is 0.825. The Morgan fingerprint density at radius 1 is 1.06 bits per heavy atom. The van der Waals surface area contributed by atoms with Crippen molar-refractivity contribution >= 4 is 0 Å². The van der Waals surface area contributed by atoms with E-state index in [-0.39, 0.29) is 6.04 Å². The predicted octanol–water partition coefficient (Wildman–Crippen LogP) is 1.99. The van der Waals surface area contributed by atoms with Crippen molar-refractivity contribution in [2.45, 2.75) is 25.8 Å². The molecule has 0 saturated carbocycles. The summed E-state index contributed by atoms with van der Waals surface area (Å²) in [7, 11) is 4.83. The number of hydrogen-bond donors (Lipinski definition) is 1. The van der Waals surface area contributed by atoms with Crippen LogP contribution in [-0.2, 0) is 6.42 Å². The SMILES string of the molecule is COc1cc(CC[C@@H](C)N)cc(OC)c1OC. The van der Waals surface area contributed by atoms with Crippen molar-refractivity contribution in [3.8, 4) is 17.2 Å². The first kappa shape index (κ1) is 13.6. The minimum atomic E-state index is 0.189. The molecule has 0 amide bonds. The fourth-order valence-corrected chi connectivity index (χ4v) is 1.67. The molecule has 1 aromatic rings. The summed E-state index contributed by atoms with van der Waals surface area (Å²) in [6.45, 7) is 2.00. The summed E-state index contributed by atoms with van der Waals surface area (Å²) < 4.78 is 15.8. The van der Waals surface area contributed by atoms with Gasteiger partial charge in [-0.3, -0.25) is 0 Å². The molecule has 0 radical (unpaired) electrons. The van der Waals surface area contributed by atoms with E-state index in [1.54, 1.807) is 21.3 Å². The third kappa shape index (κ3) is 3.53. The lowest BCUT2D eigenvalue weighted by Crippen LogP contribution is -2.15. The monoisotopic (exact) mass is 239 g/mol. The van der Waals surface area contributed by atoms with Crippen LogP contribution < -0.4 is 19.9 Å². The van der Waals surface area contributed by atoms with Crippen LogP contribution in [-0.4, -0.2) is 27.4 Å². The summed E-state index contributed by atoms with van der Waals surface area (Å²) in [5.74, 6) is 2.00. The number of nitrogens with two attached hydrogens (primary N) is 1. The number of ether oxygens (including phenoxy) is 3. The van der Waals surface area contributed by atoms with E-state index < -0.39 is 0 Å². The third-order valence-electron chi connectivity index (χ3n) is 2.61. The molecule has 0 spiro atoms. The van der Waals surface area contributed by atoms with E-state index in [2.05, 4.69) is 0 Å². The van der Waals surface area contributed by atoms with Crippen LogP contribution in [0.5, 0.6) is 17.2 Å². The van der Waals surface area contributed by atoms with E-state index >= 15 is 0 Å². The number of methoxy groups -OCH3 is 3. The van der Waals surface area contributed by atoms with Crippen molar-refractivity contribution in [3.05, 3.63) is 17.7 Å². The average molecular weight is 239 g/mol. The summed E-state index contributed by atoms with van der Waals surface area (Å²) in [5.41, 5.74) is 6.89. The van der Waals surface area contributed by atoms with Gasteiger partial charge in [0.1, 0.15) is 0 Å². The second kappa shape index (κ2) is 6.35. The van der Waals surface area contributed by atoms with Crippen molar-refractivity contribution in [2.75, 3.05) is 21.3 Å². The number of aryl methyl sites for hydroxylation is 1. The summed E-state index contributed by atoms with van der Waals surface area (Å²) in [6, 6.07) is 4.11. The molecule has 0 aromatic heterocycles. The van der Waals surface area contributed by atoms with E-state index in [1.807, 2.05) is 19.1 Å². The highest BCUT2D eigenvalue weighted by atomic mass is 16.5. The summed E-state index contributed by atoms with van der Waals surface area (Å²) in [6.07, 6.45) is 1.83. The zero-order valence-corrected chi connectivity index (χ0v) is 10.9. The molecule has 1 aromatic carbocycles. The van der Waals surface area contributed by atoms with Crippen LogP contribution in [0.15, 0.2) is 12.1 Å². The Labute approximate surface area is 103 Å².